The first-order valence-electron chi connectivity index (χ1n) is 5.32. The maximum Gasteiger partial charge on any atom is 0.101 e. The third kappa shape index (κ3) is 2.75. The SMILES string of the molecule is N#Cc1ccc(Br)cc1NCC(O)C1CC1. The molecule has 0 aliphatic heterocycles. The largest absolute Gasteiger partial charge is 0.391 e. The lowest BCUT2D eigenvalue weighted by molar-refractivity contribution is 0.164. The van der Waals surface area contributed by atoms with Crippen LogP contribution in [0.1, 0.15) is 18.4 Å². The summed E-state index contributed by atoms with van der Waals surface area (Å²) in [4.78, 5) is 0. The average Bonchev–Trinajstić information content (AvgIpc) is 3.10. The van der Waals surface area contributed by atoms with E-state index in [1.165, 1.54) is 0 Å². The van der Waals surface area contributed by atoms with Crippen LogP contribution in [0.3, 0.4) is 0 Å². The molecular formula is C12H13BrN2O. The fourth-order valence-corrected chi connectivity index (χ4v) is 1.98. The standard InChI is InChI=1S/C12H13BrN2O/c13-10-4-3-9(6-14)11(5-10)15-7-12(16)8-1-2-8/h3-5,8,12,15-16H,1-2,7H2. The van der Waals surface area contributed by atoms with Crippen LogP contribution in [0, 0.1) is 17.2 Å². The van der Waals surface area contributed by atoms with Gasteiger partial charge in [-0.25, -0.2) is 0 Å². The van der Waals surface area contributed by atoms with Crippen molar-refractivity contribution in [1.29, 1.82) is 5.26 Å². The van der Waals surface area contributed by atoms with Gasteiger partial charge in [-0.1, -0.05) is 15.9 Å². The van der Waals surface area contributed by atoms with Crippen molar-refractivity contribution in [3.63, 3.8) is 0 Å². The van der Waals surface area contributed by atoms with Crippen molar-refractivity contribution in [1.82, 2.24) is 0 Å². The van der Waals surface area contributed by atoms with Gasteiger partial charge in [-0.3, -0.25) is 0 Å². The summed E-state index contributed by atoms with van der Waals surface area (Å²) in [5, 5.41) is 21.8. The molecule has 16 heavy (non-hydrogen) atoms. The number of benzene rings is 1. The Hall–Kier alpha value is -1.05. The van der Waals surface area contributed by atoms with Gasteiger partial charge in [0, 0.05) is 11.0 Å². The van der Waals surface area contributed by atoms with E-state index in [9.17, 15) is 5.11 Å². The summed E-state index contributed by atoms with van der Waals surface area (Å²) in [5.41, 5.74) is 1.38. The van der Waals surface area contributed by atoms with Crippen molar-refractivity contribution in [2.75, 3.05) is 11.9 Å². The highest BCUT2D eigenvalue weighted by atomic mass is 79.9. The summed E-state index contributed by atoms with van der Waals surface area (Å²) < 4.78 is 0.926. The molecule has 0 bridgehead atoms. The maximum atomic E-state index is 9.73. The van der Waals surface area contributed by atoms with Crippen molar-refractivity contribution in [3.05, 3.63) is 28.2 Å². The summed E-state index contributed by atoms with van der Waals surface area (Å²) >= 11 is 3.36. The van der Waals surface area contributed by atoms with Gasteiger partial charge in [0.15, 0.2) is 0 Å². The molecule has 1 aromatic carbocycles. The molecule has 0 heterocycles. The molecule has 1 unspecified atom stereocenters. The molecule has 1 fully saturated rings. The number of nitriles is 1. The van der Waals surface area contributed by atoms with Crippen molar-refractivity contribution in [2.45, 2.75) is 18.9 Å². The molecule has 1 aliphatic rings. The molecule has 2 rings (SSSR count). The van der Waals surface area contributed by atoms with Gasteiger partial charge in [0.25, 0.3) is 0 Å². The van der Waals surface area contributed by atoms with Crippen molar-refractivity contribution >= 4 is 21.6 Å². The molecule has 4 heteroatoms. The van der Waals surface area contributed by atoms with Crippen LogP contribution in [0.4, 0.5) is 5.69 Å². The van der Waals surface area contributed by atoms with Gasteiger partial charge < -0.3 is 10.4 Å². The Bertz CT molecular complexity index is 424. The van der Waals surface area contributed by atoms with Crippen LogP contribution < -0.4 is 5.32 Å². The number of nitrogens with one attached hydrogen (secondary N) is 1. The summed E-state index contributed by atoms with van der Waals surface area (Å²) in [6.07, 6.45) is 1.93. The van der Waals surface area contributed by atoms with Crippen LogP contribution in [0.15, 0.2) is 22.7 Å². The molecule has 0 saturated heterocycles. The minimum atomic E-state index is -0.300. The van der Waals surface area contributed by atoms with Crippen LogP contribution in [-0.4, -0.2) is 17.8 Å². The number of hydrogen-bond acceptors (Lipinski definition) is 3. The molecule has 0 spiro atoms. The van der Waals surface area contributed by atoms with Crippen LogP contribution in [0.2, 0.25) is 0 Å². The topological polar surface area (TPSA) is 56.0 Å². The van der Waals surface area contributed by atoms with E-state index in [-0.39, 0.29) is 6.10 Å². The Balaban J connectivity index is 2.02. The van der Waals surface area contributed by atoms with Crippen molar-refractivity contribution < 1.29 is 5.11 Å². The van der Waals surface area contributed by atoms with Gasteiger partial charge in [-0.15, -0.1) is 0 Å². The fourth-order valence-electron chi connectivity index (χ4n) is 1.62. The molecule has 1 aromatic rings. The Morgan fingerprint density at radius 2 is 2.31 bits per heavy atom. The van der Waals surface area contributed by atoms with Crippen LogP contribution in [0.25, 0.3) is 0 Å². The van der Waals surface area contributed by atoms with Gasteiger partial charge in [-0.2, -0.15) is 5.26 Å². The normalized spacial score (nSPS) is 16.6. The second-order valence-electron chi connectivity index (χ2n) is 4.09. The lowest BCUT2D eigenvalue weighted by Gasteiger charge is -2.13. The van der Waals surface area contributed by atoms with E-state index < -0.39 is 0 Å². The second kappa shape index (κ2) is 4.86. The number of aliphatic hydroxyl groups is 1. The molecular weight excluding hydrogens is 268 g/mol. The summed E-state index contributed by atoms with van der Waals surface area (Å²) in [6, 6.07) is 7.58. The summed E-state index contributed by atoms with van der Waals surface area (Å²) in [5.74, 6) is 0.449. The lowest BCUT2D eigenvalue weighted by atomic mass is 10.2. The number of anilines is 1. The van der Waals surface area contributed by atoms with Gasteiger partial charge in [0.2, 0.25) is 0 Å². The monoisotopic (exact) mass is 280 g/mol. The Morgan fingerprint density at radius 3 is 2.94 bits per heavy atom. The molecule has 1 atom stereocenters. The van der Waals surface area contributed by atoms with Crippen molar-refractivity contribution in [2.24, 2.45) is 5.92 Å². The highest BCUT2D eigenvalue weighted by Crippen LogP contribution is 2.32. The van der Waals surface area contributed by atoms with Crippen LogP contribution >= 0.6 is 15.9 Å². The van der Waals surface area contributed by atoms with Gasteiger partial charge in [0.05, 0.1) is 17.4 Å². The van der Waals surface area contributed by atoms with E-state index in [2.05, 4.69) is 27.3 Å². The molecule has 1 aliphatic carbocycles. The zero-order valence-corrected chi connectivity index (χ0v) is 10.4. The minimum Gasteiger partial charge on any atom is -0.391 e. The van der Waals surface area contributed by atoms with E-state index in [1.807, 2.05) is 12.1 Å². The maximum absolute atomic E-state index is 9.73. The average molecular weight is 281 g/mol. The molecule has 0 amide bonds. The van der Waals surface area contributed by atoms with E-state index in [0.29, 0.717) is 18.0 Å². The van der Waals surface area contributed by atoms with Crippen LogP contribution in [-0.2, 0) is 0 Å². The quantitative estimate of drug-likeness (QED) is 0.891. The van der Waals surface area contributed by atoms with Gasteiger partial charge in [-0.05, 0) is 37.0 Å². The highest BCUT2D eigenvalue weighted by molar-refractivity contribution is 9.10. The minimum absolute atomic E-state index is 0.300. The smallest absolute Gasteiger partial charge is 0.101 e. The molecule has 1 saturated carbocycles. The first kappa shape index (κ1) is 11.4. The van der Waals surface area contributed by atoms with E-state index in [1.54, 1.807) is 6.07 Å². The lowest BCUT2D eigenvalue weighted by Crippen LogP contribution is -2.21. The third-order valence-corrected chi connectivity index (χ3v) is 3.26. The number of hydrogen-bond donors (Lipinski definition) is 2. The van der Waals surface area contributed by atoms with Crippen molar-refractivity contribution in [3.8, 4) is 6.07 Å². The number of aliphatic hydroxyl groups excluding tert-OH is 1. The number of rotatable bonds is 4. The molecule has 3 nitrogen and oxygen atoms in total. The van der Waals surface area contributed by atoms with Crippen LogP contribution in [0.5, 0.6) is 0 Å². The number of nitrogens with zero attached hydrogens (tertiary/aromatic N) is 1. The Morgan fingerprint density at radius 1 is 1.56 bits per heavy atom. The second-order valence-corrected chi connectivity index (χ2v) is 5.00. The van der Waals surface area contributed by atoms with E-state index in [0.717, 1.165) is 23.0 Å². The zero-order valence-electron chi connectivity index (χ0n) is 8.78. The molecule has 2 N–H and O–H groups in total. The number of halogens is 1. The van der Waals surface area contributed by atoms with E-state index in [4.69, 9.17) is 5.26 Å². The molecule has 84 valence electrons. The van der Waals surface area contributed by atoms with E-state index >= 15 is 0 Å². The fraction of sp³-hybridized carbons (Fsp3) is 0.417. The predicted octanol–water partition coefficient (Wildman–Crippen LogP) is 2.50. The zero-order chi connectivity index (χ0) is 11.5. The first-order chi connectivity index (χ1) is 7.70. The molecule has 0 aromatic heterocycles. The Labute approximate surface area is 103 Å². The predicted molar refractivity (Wildman–Crippen MR) is 66.1 cm³/mol. The third-order valence-electron chi connectivity index (χ3n) is 2.77. The summed E-state index contributed by atoms with van der Waals surface area (Å²) in [6.45, 7) is 0.510. The summed E-state index contributed by atoms with van der Waals surface area (Å²) in [7, 11) is 0. The highest BCUT2D eigenvalue weighted by Gasteiger charge is 2.29. The molecule has 0 radical (unpaired) electrons. The first-order valence-corrected chi connectivity index (χ1v) is 6.11. The van der Waals surface area contributed by atoms with Gasteiger partial charge in [0.1, 0.15) is 6.07 Å². The van der Waals surface area contributed by atoms with Gasteiger partial charge >= 0.3 is 0 Å². The Kier molecular flexibility index (Phi) is 3.47.